The van der Waals surface area contributed by atoms with Gasteiger partial charge >= 0.3 is 0 Å². The van der Waals surface area contributed by atoms with Gasteiger partial charge in [0.25, 0.3) is 5.91 Å². The van der Waals surface area contributed by atoms with Crippen molar-refractivity contribution in [3.05, 3.63) is 18.2 Å². The molecule has 1 aliphatic rings. The molecule has 0 radical (unpaired) electrons. The maximum absolute atomic E-state index is 12.1. The number of aromatic hydroxyl groups is 1. The van der Waals surface area contributed by atoms with Crippen LogP contribution in [0.25, 0.3) is 10.9 Å². The van der Waals surface area contributed by atoms with E-state index in [1.807, 2.05) is 0 Å². The molecule has 1 saturated carbocycles. The molecular weight excluding hydrogens is 329 g/mol. The molecule has 8 heteroatoms. The quantitative estimate of drug-likeness (QED) is 0.651. The van der Waals surface area contributed by atoms with Gasteiger partial charge in [-0.15, -0.1) is 33.4 Å². The molecule has 116 valence electrons. The van der Waals surface area contributed by atoms with Gasteiger partial charge in [-0.3, -0.25) is 4.79 Å². The predicted octanol–water partition coefficient (Wildman–Crippen LogP) is 4.08. The third kappa shape index (κ3) is 2.23. The van der Waals surface area contributed by atoms with Crippen LogP contribution in [0.1, 0.15) is 13.3 Å². The van der Waals surface area contributed by atoms with Crippen LogP contribution in [-0.4, -0.2) is 27.4 Å². The summed E-state index contributed by atoms with van der Waals surface area (Å²) in [6.45, 7) is 1.63. The first kappa shape index (κ1) is 15.1. The van der Waals surface area contributed by atoms with Crippen LogP contribution in [0.4, 0.5) is 5.69 Å². The number of ether oxygens (including phenoxy) is 1. The molecule has 2 N–H and O–H groups in total. The van der Waals surface area contributed by atoms with Gasteiger partial charge in [0.2, 0.25) is 5.88 Å². The van der Waals surface area contributed by atoms with E-state index in [9.17, 15) is 9.90 Å². The van der Waals surface area contributed by atoms with E-state index in [1.165, 1.54) is 7.11 Å². The summed E-state index contributed by atoms with van der Waals surface area (Å²) >= 11 is 11.9. The first-order valence-electron chi connectivity index (χ1n) is 6.51. The van der Waals surface area contributed by atoms with Gasteiger partial charge in [-0.05, 0) is 31.5 Å². The summed E-state index contributed by atoms with van der Waals surface area (Å²) < 4.78 is 4.03. The molecule has 3 rings (SSSR count). The Morgan fingerprint density at radius 2 is 2.14 bits per heavy atom. The van der Waals surface area contributed by atoms with Crippen LogP contribution in [0.2, 0.25) is 0 Å². The summed E-state index contributed by atoms with van der Waals surface area (Å²) in [6.07, 6.45) is 0.328. The van der Waals surface area contributed by atoms with Crippen molar-refractivity contribution in [1.82, 2.24) is 4.98 Å². The Bertz CT molecular complexity index is 800. The standard InChI is InChI=1S/C14H13Cl2N3O3/c1-13(6-14(13,15)16)12(21)19-18-10-8-5-7(22-2)3-4-9(8)17-11(10)20/h3-5,17,20H,6H2,1-2H3/t13-/m0/s1. The third-order valence-electron chi connectivity index (χ3n) is 3.93. The van der Waals surface area contributed by atoms with Crippen LogP contribution in [0.15, 0.2) is 28.4 Å². The second-order valence-electron chi connectivity index (χ2n) is 5.45. The minimum Gasteiger partial charge on any atom is -0.497 e. The highest BCUT2D eigenvalue weighted by Crippen LogP contribution is 2.64. The van der Waals surface area contributed by atoms with Crippen LogP contribution in [0.3, 0.4) is 0 Å². The number of aromatic amines is 1. The van der Waals surface area contributed by atoms with E-state index in [4.69, 9.17) is 27.9 Å². The summed E-state index contributed by atoms with van der Waals surface area (Å²) in [5.74, 6) is -0.0955. The molecule has 1 heterocycles. The molecule has 0 spiro atoms. The number of amides is 1. The fraction of sp³-hybridized carbons (Fsp3) is 0.357. The molecule has 0 bridgehead atoms. The Morgan fingerprint density at radius 1 is 1.45 bits per heavy atom. The number of aromatic nitrogens is 1. The van der Waals surface area contributed by atoms with Gasteiger partial charge in [0, 0.05) is 5.39 Å². The first-order chi connectivity index (χ1) is 10.3. The summed E-state index contributed by atoms with van der Waals surface area (Å²) in [5, 5.41) is 18.0. The number of fused-ring (bicyclic) bond motifs is 1. The lowest BCUT2D eigenvalue weighted by Gasteiger charge is -2.04. The monoisotopic (exact) mass is 341 g/mol. The van der Waals surface area contributed by atoms with Crippen LogP contribution in [-0.2, 0) is 4.79 Å². The summed E-state index contributed by atoms with van der Waals surface area (Å²) in [7, 11) is 1.53. The Morgan fingerprint density at radius 3 is 2.73 bits per heavy atom. The molecule has 1 fully saturated rings. The fourth-order valence-corrected chi connectivity index (χ4v) is 2.90. The summed E-state index contributed by atoms with van der Waals surface area (Å²) in [6, 6.07) is 5.17. The summed E-state index contributed by atoms with van der Waals surface area (Å²) in [5.41, 5.74) is -0.110. The van der Waals surface area contributed by atoms with Gasteiger partial charge in [-0.2, -0.15) is 0 Å². The Balaban J connectivity index is 1.95. The van der Waals surface area contributed by atoms with Crippen molar-refractivity contribution >= 4 is 45.7 Å². The average molecular weight is 342 g/mol. The predicted molar refractivity (Wildman–Crippen MR) is 83.2 cm³/mol. The molecule has 1 atom stereocenters. The topological polar surface area (TPSA) is 87.0 Å². The zero-order chi connectivity index (χ0) is 16.1. The number of halogens is 2. The van der Waals surface area contributed by atoms with Crippen molar-refractivity contribution < 1.29 is 14.6 Å². The van der Waals surface area contributed by atoms with E-state index in [-0.39, 0.29) is 11.6 Å². The van der Waals surface area contributed by atoms with Crippen molar-refractivity contribution in [3.63, 3.8) is 0 Å². The number of methoxy groups -OCH3 is 1. The molecule has 0 aliphatic heterocycles. The van der Waals surface area contributed by atoms with E-state index < -0.39 is 15.7 Å². The molecule has 1 aliphatic carbocycles. The SMILES string of the molecule is COc1ccc2[nH]c(O)c(N=NC(=O)[C@]3(C)CC3(Cl)Cl)c2c1. The molecule has 0 unspecified atom stereocenters. The number of alkyl halides is 2. The fourth-order valence-electron chi connectivity index (χ4n) is 2.21. The van der Waals surface area contributed by atoms with Gasteiger partial charge in [-0.1, -0.05) is 0 Å². The van der Waals surface area contributed by atoms with Crippen LogP contribution in [0, 0.1) is 5.41 Å². The van der Waals surface area contributed by atoms with E-state index in [1.54, 1.807) is 25.1 Å². The minimum atomic E-state index is -1.10. The molecule has 0 saturated heterocycles. The highest BCUT2D eigenvalue weighted by Gasteiger charge is 2.68. The number of carbonyl (C=O) groups excluding carboxylic acids is 1. The lowest BCUT2D eigenvalue weighted by molar-refractivity contribution is -0.122. The maximum atomic E-state index is 12.1. The summed E-state index contributed by atoms with van der Waals surface area (Å²) in [4.78, 5) is 14.8. The van der Waals surface area contributed by atoms with Crippen LogP contribution < -0.4 is 4.74 Å². The second-order valence-corrected chi connectivity index (χ2v) is 6.94. The van der Waals surface area contributed by atoms with E-state index in [2.05, 4.69) is 15.2 Å². The van der Waals surface area contributed by atoms with Crippen molar-refractivity contribution in [2.75, 3.05) is 7.11 Å². The van der Waals surface area contributed by atoms with Crippen molar-refractivity contribution in [3.8, 4) is 11.6 Å². The van der Waals surface area contributed by atoms with Crippen LogP contribution >= 0.6 is 23.2 Å². The number of hydrogen-bond acceptors (Lipinski definition) is 4. The number of benzene rings is 1. The number of hydrogen-bond donors (Lipinski definition) is 2. The number of nitrogens with one attached hydrogen (secondary N) is 1. The van der Waals surface area contributed by atoms with Gasteiger partial charge in [-0.25, -0.2) is 0 Å². The van der Waals surface area contributed by atoms with Gasteiger partial charge < -0.3 is 14.8 Å². The highest BCUT2D eigenvalue weighted by atomic mass is 35.5. The Kier molecular flexibility index (Phi) is 3.34. The van der Waals surface area contributed by atoms with Gasteiger partial charge in [0.15, 0.2) is 5.69 Å². The molecule has 1 aromatic heterocycles. The van der Waals surface area contributed by atoms with Crippen molar-refractivity contribution in [2.45, 2.75) is 17.7 Å². The first-order valence-corrected chi connectivity index (χ1v) is 7.27. The van der Waals surface area contributed by atoms with Gasteiger partial charge in [0.1, 0.15) is 10.1 Å². The van der Waals surface area contributed by atoms with E-state index in [0.717, 1.165) is 0 Å². The van der Waals surface area contributed by atoms with Crippen molar-refractivity contribution in [2.24, 2.45) is 15.6 Å². The maximum Gasteiger partial charge on any atom is 0.273 e. The minimum absolute atomic E-state index is 0.168. The number of carbonyl (C=O) groups is 1. The van der Waals surface area contributed by atoms with Crippen molar-refractivity contribution in [1.29, 1.82) is 0 Å². The zero-order valence-corrected chi connectivity index (χ0v) is 13.4. The number of nitrogens with zero attached hydrogens (tertiary/aromatic N) is 2. The molecule has 1 amide bonds. The lowest BCUT2D eigenvalue weighted by Crippen LogP contribution is -2.15. The van der Waals surface area contributed by atoms with E-state index in [0.29, 0.717) is 23.1 Å². The van der Waals surface area contributed by atoms with E-state index >= 15 is 0 Å². The Hall–Kier alpha value is -1.79. The lowest BCUT2D eigenvalue weighted by atomic mass is 10.1. The normalized spacial score (nSPS) is 23.1. The van der Waals surface area contributed by atoms with Crippen LogP contribution in [0.5, 0.6) is 11.6 Å². The molecule has 6 nitrogen and oxygen atoms in total. The second kappa shape index (κ2) is 4.86. The highest BCUT2D eigenvalue weighted by molar-refractivity contribution is 6.53. The molecule has 1 aromatic carbocycles. The number of H-pyrrole nitrogens is 1. The molecule has 22 heavy (non-hydrogen) atoms. The smallest absolute Gasteiger partial charge is 0.273 e. The number of rotatable bonds is 3. The Labute approximate surface area is 136 Å². The molecular formula is C14H13Cl2N3O3. The third-order valence-corrected chi connectivity index (χ3v) is 5.03. The number of azo groups is 1. The molecule has 2 aromatic rings. The average Bonchev–Trinajstić information content (AvgIpc) is 2.85. The zero-order valence-electron chi connectivity index (χ0n) is 11.9. The van der Waals surface area contributed by atoms with Gasteiger partial charge in [0.05, 0.1) is 18.0 Å². The largest absolute Gasteiger partial charge is 0.497 e.